The van der Waals surface area contributed by atoms with Crippen LogP contribution in [0.2, 0.25) is 0 Å². The summed E-state index contributed by atoms with van der Waals surface area (Å²) in [6.07, 6.45) is -7.06. The van der Waals surface area contributed by atoms with Gasteiger partial charge in [0.1, 0.15) is 0 Å². The Morgan fingerprint density at radius 1 is 0.778 bits per heavy atom. The molecule has 1 nitrogen and oxygen atoms in total. The van der Waals surface area contributed by atoms with E-state index in [2.05, 4.69) is 0 Å². The van der Waals surface area contributed by atoms with E-state index in [1.54, 1.807) is 12.1 Å². The van der Waals surface area contributed by atoms with Crippen LogP contribution in [0.15, 0.2) is 54.6 Å². The largest absolute Gasteiger partial charge is 0.418 e. The Morgan fingerprint density at radius 3 is 1.78 bits per heavy atom. The third-order valence-electron chi connectivity index (χ3n) is 2.64. The van der Waals surface area contributed by atoms with Crippen LogP contribution in [0.3, 0.4) is 0 Å². The zero-order valence-corrected chi connectivity index (χ0v) is 9.35. The molecule has 2 rings (SSSR count). The van der Waals surface area contributed by atoms with Gasteiger partial charge < -0.3 is 5.11 Å². The molecule has 18 heavy (non-hydrogen) atoms. The zero-order valence-electron chi connectivity index (χ0n) is 9.35. The molecule has 0 heterocycles. The Hall–Kier alpha value is -1.81. The summed E-state index contributed by atoms with van der Waals surface area (Å²) in [5.41, 5.74) is 1.58. The maximum absolute atomic E-state index is 12.3. The highest BCUT2D eigenvalue weighted by molar-refractivity contribution is 5.63. The van der Waals surface area contributed by atoms with Gasteiger partial charge in [-0.15, -0.1) is 0 Å². The number of alkyl halides is 3. The number of rotatable bonds is 2. The number of hydrogen-bond donors (Lipinski definition) is 1. The van der Waals surface area contributed by atoms with Gasteiger partial charge in [0.15, 0.2) is 6.10 Å². The van der Waals surface area contributed by atoms with E-state index in [1.807, 2.05) is 30.3 Å². The van der Waals surface area contributed by atoms with Crippen LogP contribution in [0, 0.1) is 0 Å². The topological polar surface area (TPSA) is 20.2 Å². The Kier molecular flexibility index (Phi) is 3.39. The van der Waals surface area contributed by atoms with Crippen molar-refractivity contribution in [3.05, 3.63) is 60.2 Å². The summed E-state index contributed by atoms with van der Waals surface area (Å²) in [5.74, 6) is 0. The lowest BCUT2D eigenvalue weighted by molar-refractivity contribution is -0.206. The van der Waals surface area contributed by atoms with Gasteiger partial charge in [0.25, 0.3) is 0 Å². The predicted molar refractivity (Wildman–Crippen MR) is 62.9 cm³/mol. The minimum absolute atomic E-state index is 0.151. The van der Waals surface area contributed by atoms with Crippen molar-refractivity contribution in [3.8, 4) is 11.1 Å². The minimum atomic E-state index is -4.63. The standard InChI is InChI=1S/C14H11F3O/c15-14(16,17)13(18)12-8-6-11(7-9-12)10-4-2-1-3-5-10/h1-9,13,18H/i15-1. The first-order valence-corrected chi connectivity index (χ1v) is 5.38. The van der Waals surface area contributed by atoms with E-state index in [1.165, 1.54) is 12.1 Å². The summed E-state index contributed by atoms with van der Waals surface area (Å²) >= 11 is 0. The molecule has 0 bridgehead atoms. The van der Waals surface area contributed by atoms with Crippen molar-refractivity contribution < 1.29 is 18.3 Å². The smallest absolute Gasteiger partial charge is 0.379 e. The van der Waals surface area contributed by atoms with Crippen LogP contribution in [-0.4, -0.2) is 11.3 Å². The number of aliphatic hydroxyl groups is 1. The van der Waals surface area contributed by atoms with Gasteiger partial charge in [-0.3, -0.25) is 0 Å². The van der Waals surface area contributed by atoms with E-state index in [4.69, 9.17) is 5.11 Å². The van der Waals surface area contributed by atoms with Crippen LogP contribution in [0.5, 0.6) is 0 Å². The van der Waals surface area contributed by atoms with Gasteiger partial charge in [-0.05, 0) is 16.7 Å². The summed E-state index contributed by atoms with van der Waals surface area (Å²) in [7, 11) is 0. The minimum Gasteiger partial charge on any atom is -0.379 e. The van der Waals surface area contributed by atoms with Gasteiger partial charge in [-0.2, -0.15) is 13.2 Å². The van der Waals surface area contributed by atoms with E-state index < -0.39 is 12.3 Å². The van der Waals surface area contributed by atoms with Gasteiger partial charge in [0.05, 0.1) is 0 Å². The molecule has 0 aliphatic heterocycles. The quantitative estimate of drug-likeness (QED) is 0.856. The number of halogens is 3. The van der Waals surface area contributed by atoms with Gasteiger partial charge in [-0.1, -0.05) is 54.6 Å². The van der Waals surface area contributed by atoms with Crippen molar-refractivity contribution in [3.63, 3.8) is 0 Å². The monoisotopic (exact) mass is 251 g/mol. The number of aliphatic hydroxyl groups excluding tert-OH is 1. The SMILES string of the molecule is OC(c1ccc(-c2ccccc2)cc1)C(F)(F)[18F]. The van der Waals surface area contributed by atoms with Crippen LogP contribution in [0.1, 0.15) is 11.7 Å². The molecule has 2 aromatic rings. The Balaban J connectivity index is 2.26. The Labute approximate surface area is 103 Å². The second-order valence-corrected chi connectivity index (χ2v) is 3.93. The normalized spacial score (nSPS) is 13.3. The van der Waals surface area contributed by atoms with Gasteiger partial charge in [-0.25, -0.2) is 0 Å². The van der Waals surface area contributed by atoms with Crippen molar-refractivity contribution in [1.29, 1.82) is 0 Å². The molecule has 0 aromatic heterocycles. The van der Waals surface area contributed by atoms with E-state index in [-0.39, 0.29) is 5.56 Å². The van der Waals surface area contributed by atoms with Crippen molar-refractivity contribution in [1.82, 2.24) is 0 Å². The lowest BCUT2D eigenvalue weighted by Gasteiger charge is -2.15. The lowest BCUT2D eigenvalue weighted by Crippen LogP contribution is -2.19. The summed E-state index contributed by atoms with van der Waals surface area (Å²) < 4.78 is 36.9. The summed E-state index contributed by atoms with van der Waals surface area (Å²) in [4.78, 5) is 0. The molecule has 0 spiro atoms. The van der Waals surface area contributed by atoms with Crippen LogP contribution >= 0.6 is 0 Å². The molecule has 2 aromatic carbocycles. The molecule has 0 fully saturated rings. The average Bonchev–Trinajstić information content (AvgIpc) is 2.38. The third kappa shape index (κ3) is 2.71. The maximum atomic E-state index is 12.3. The first kappa shape index (κ1) is 12.6. The molecule has 1 atom stereocenters. The van der Waals surface area contributed by atoms with Gasteiger partial charge in [0.2, 0.25) is 0 Å². The zero-order chi connectivity index (χ0) is 13.2. The fourth-order valence-corrected chi connectivity index (χ4v) is 1.68. The predicted octanol–water partition coefficient (Wildman–Crippen LogP) is 3.95. The van der Waals surface area contributed by atoms with Crippen molar-refractivity contribution >= 4 is 0 Å². The second-order valence-electron chi connectivity index (χ2n) is 3.93. The van der Waals surface area contributed by atoms with Crippen molar-refractivity contribution in [2.24, 2.45) is 0 Å². The molecule has 0 aliphatic rings. The fraction of sp³-hybridized carbons (Fsp3) is 0.143. The van der Waals surface area contributed by atoms with Crippen molar-refractivity contribution in [2.45, 2.75) is 12.3 Å². The fourth-order valence-electron chi connectivity index (χ4n) is 1.68. The van der Waals surface area contributed by atoms with E-state index in [0.29, 0.717) is 0 Å². The molecule has 0 amide bonds. The second kappa shape index (κ2) is 4.82. The van der Waals surface area contributed by atoms with Crippen LogP contribution in [0.4, 0.5) is 13.2 Å². The highest BCUT2D eigenvalue weighted by atomic mass is 19.3. The molecule has 0 saturated heterocycles. The molecular formula is C14H11F3O. The van der Waals surface area contributed by atoms with E-state index in [9.17, 15) is 13.2 Å². The van der Waals surface area contributed by atoms with E-state index >= 15 is 0 Å². The van der Waals surface area contributed by atoms with Gasteiger partial charge in [0, 0.05) is 0 Å². The molecule has 1 unspecified atom stereocenters. The average molecular weight is 251 g/mol. The first-order chi connectivity index (χ1) is 8.48. The number of hydrogen-bond acceptors (Lipinski definition) is 1. The molecule has 0 saturated carbocycles. The summed E-state index contributed by atoms with van der Waals surface area (Å²) in [5, 5.41) is 9.09. The van der Waals surface area contributed by atoms with Crippen molar-refractivity contribution in [2.75, 3.05) is 0 Å². The number of benzene rings is 2. The first-order valence-electron chi connectivity index (χ1n) is 5.38. The molecular weight excluding hydrogens is 240 g/mol. The van der Waals surface area contributed by atoms with Crippen LogP contribution < -0.4 is 0 Å². The lowest BCUT2D eigenvalue weighted by atomic mass is 10.0. The highest BCUT2D eigenvalue weighted by Crippen LogP contribution is 2.33. The van der Waals surface area contributed by atoms with Crippen LogP contribution in [0.25, 0.3) is 11.1 Å². The molecule has 94 valence electrons. The summed E-state index contributed by atoms with van der Waals surface area (Å²) in [6, 6.07) is 15.0. The summed E-state index contributed by atoms with van der Waals surface area (Å²) in [6.45, 7) is 0. The van der Waals surface area contributed by atoms with E-state index in [0.717, 1.165) is 11.1 Å². The maximum Gasteiger partial charge on any atom is 0.418 e. The molecule has 1 N–H and O–H groups in total. The Bertz CT molecular complexity index is 503. The third-order valence-corrected chi connectivity index (χ3v) is 2.64. The van der Waals surface area contributed by atoms with Crippen LogP contribution in [-0.2, 0) is 0 Å². The molecule has 4 heteroatoms. The Morgan fingerprint density at radius 2 is 1.28 bits per heavy atom. The van der Waals surface area contributed by atoms with Gasteiger partial charge >= 0.3 is 6.18 Å². The highest BCUT2D eigenvalue weighted by Gasteiger charge is 2.39. The molecule has 0 aliphatic carbocycles. The molecule has 0 radical (unpaired) electrons.